The third kappa shape index (κ3) is 4.24. The Kier molecular flexibility index (Phi) is 5.64. The lowest BCUT2D eigenvalue weighted by Gasteiger charge is -2.19. The number of ether oxygens (including phenoxy) is 1. The third-order valence-electron chi connectivity index (χ3n) is 5.43. The maximum Gasteiger partial charge on any atom is 0.226 e. The molecule has 9 heteroatoms. The molecule has 2 aromatic carbocycles. The Morgan fingerprint density at radius 3 is 2.72 bits per heavy atom. The van der Waals surface area contributed by atoms with Crippen molar-refractivity contribution in [2.45, 2.75) is 30.8 Å². The van der Waals surface area contributed by atoms with Gasteiger partial charge in [-0.25, -0.2) is 9.97 Å². The van der Waals surface area contributed by atoms with Crippen molar-refractivity contribution in [1.29, 1.82) is 0 Å². The Labute approximate surface area is 190 Å². The molecule has 0 saturated carbocycles. The number of H-pyrrole nitrogens is 1. The number of nitrogens with zero attached hydrogens (tertiary/aromatic N) is 4. The molecule has 1 aliphatic rings. The zero-order valence-corrected chi connectivity index (χ0v) is 18.4. The van der Waals surface area contributed by atoms with Crippen molar-refractivity contribution >= 4 is 29.2 Å². The van der Waals surface area contributed by atoms with Crippen LogP contribution in [0.15, 0.2) is 53.8 Å². The Morgan fingerprint density at radius 1 is 1.06 bits per heavy atom. The molecule has 0 bridgehead atoms. The minimum Gasteiger partial charge on any atom is -0.452 e. The smallest absolute Gasteiger partial charge is 0.226 e. The second kappa shape index (κ2) is 8.88. The Bertz CT molecular complexity index is 1240. The minimum atomic E-state index is 0.308. The van der Waals surface area contributed by atoms with Gasteiger partial charge in [0.2, 0.25) is 5.95 Å². The molecule has 5 rings (SSSR count). The van der Waals surface area contributed by atoms with Gasteiger partial charge in [-0.3, -0.25) is 0 Å². The first kappa shape index (κ1) is 20.3. The number of nitrogen functional groups attached to an aromatic ring is 1. The van der Waals surface area contributed by atoms with E-state index in [2.05, 4.69) is 48.7 Å². The molecule has 0 atom stereocenters. The lowest BCUT2D eigenvalue weighted by Crippen LogP contribution is -2.06. The summed E-state index contributed by atoms with van der Waals surface area (Å²) in [6, 6.07) is 13.9. The zero-order valence-electron chi connectivity index (χ0n) is 17.6. The third-order valence-corrected chi connectivity index (χ3v) is 6.00. The highest BCUT2D eigenvalue weighted by molar-refractivity contribution is 7.98. The number of fused-ring (bicyclic) bond motifs is 1. The van der Waals surface area contributed by atoms with E-state index in [0.717, 1.165) is 24.1 Å². The van der Waals surface area contributed by atoms with Gasteiger partial charge in [0.05, 0.1) is 6.20 Å². The molecule has 2 heterocycles. The predicted octanol–water partition coefficient (Wildman–Crippen LogP) is 4.98. The van der Waals surface area contributed by atoms with E-state index >= 15 is 0 Å². The molecule has 0 radical (unpaired) electrons. The standard InChI is InChI=1S/C23H23N7OS/c1-32-23-25-13-19(20(24)27-23)31-16-11-9-15(10-12-16)21-28-22(30-29-21)26-18-8-4-6-14-5-2-3-7-17(14)18/h4,6,8-13H,2-3,5,7H2,1H3,(H2,24,25,27)(H2,26,28,29,30). The van der Waals surface area contributed by atoms with E-state index in [9.17, 15) is 0 Å². The maximum atomic E-state index is 5.95. The van der Waals surface area contributed by atoms with Crippen molar-refractivity contribution in [2.24, 2.45) is 0 Å². The van der Waals surface area contributed by atoms with Gasteiger partial charge in [-0.05, 0) is 73.4 Å². The number of aromatic nitrogens is 5. The van der Waals surface area contributed by atoms with E-state index in [4.69, 9.17) is 10.5 Å². The molecule has 4 N–H and O–H groups in total. The van der Waals surface area contributed by atoms with Crippen LogP contribution in [0.25, 0.3) is 11.4 Å². The predicted molar refractivity (Wildman–Crippen MR) is 126 cm³/mol. The van der Waals surface area contributed by atoms with Gasteiger partial charge in [-0.15, -0.1) is 10.2 Å². The number of anilines is 3. The fraction of sp³-hybridized carbons (Fsp3) is 0.217. The lowest BCUT2D eigenvalue weighted by molar-refractivity contribution is 0.478. The quantitative estimate of drug-likeness (QED) is 0.281. The Balaban J connectivity index is 1.30. The summed E-state index contributed by atoms with van der Waals surface area (Å²) in [7, 11) is 0. The number of nitrogens with one attached hydrogen (secondary N) is 2. The van der Waals surface area contributed by atoms with Crippen molar-refractivity contribution in [3.8, 4) is 22.9 Å². The fourth-order valence-corrected chi connectivity index (χ4v) is 4.17. The number of nitrogens with two attached hydrogens (primary N) is 1. The van der Waals surface area contributed by atoms with Crippen LogP contribution in [0.1, 0.15) is 24.0 Å². The van der Waals surface area contributed by atoms with Crippen LogP contribution in [0, 0.1) is 0 Å². The van der Waals surface area contributed by atoms with E-state index in [-0.39, 0.29) is 0 Å². The summed E-state index contributed by atoms with van der Waals surface area (Å²) in [5, 5.41) is 12.6. The average molecular weight is 446 g/mol. The van der Waals surface area contributed by atoms with Gasteiger partial charge in [-0.1, -0.05) is 23.9 Å². The molecule has 162 valence electrons. The summed E-state index contributed by atoms with van der Waals surface area (Å²) in [6.45, 7) is 0. The lowest BCUT2D eigenvalue weighted by atomic mass is 9.90. The summed E-state index contributed by atoms with van der Waals surface area (Å²) in [6.07, 6.45) is 8.19. The van der Waals surface area contributed by atoms with Crippen LogP contribution in [0.2, 0.25) is 0 Å². The van der Waals surface area contributed by atoms with Gasteiger partial charge < -0.3 is 20.8 Å². The zero-order chi connectivity index (χ0) is 21.9. The number of benzene rings is 2. The molecule has 0 aliphatic heterocycles. The minimum absolute atomic E-state index is 0.308. The fourth-order valence-electron chi connectivity index (χ4n) is 3.83. The van der Waals surface area contributed by atoms with Crippen LogP contribution in [-0.4, -0.2) is 31.4 Å². The normalized spacial score (nSPS) is 12.9. The maximum absolute atomic E-state index is 5.95. The molecule has 0 saturated heterocycles. The topological polar surface area (TPSA) is 115 Å². The van der Waals surface area contributed by atoms with Gasteiger partial charge in [0, 0.05) is 11.3 Å². The molecular formula is C23H23N7OS. The van der Waals surface area contributed by atoms with Crippen molar-refractivity contribution in [1.82, 2.24) is 25.1 Å². The number of aryl methyl sites for hydroxylation is 1. The summed E-state index contributed by atoms with van der Waals surface area (Å²) < 4.78 is 5.82. The van der Waals surface area contributed by atoms with Gasteiger partial charge in [0.1, 0.15) is 5.75 Å². The van der Waals surface area contributed by atoms with E-state index < -0.39 is 0 Å². The first-order valence-corrected chi connectivity index (χ1v) is 11.7. The van der Waals surface area contributed by atoms with Gasteiger partial charge in [0.25, 0.3) is 0 Å². The van der Waals surface area contributed by atoms with E-state index in [1.54, 1.807) is 6.20 Å². The SMILES string of the molecule is CSc1ncc(Oc2ccc(-c3nnc(Nc4cccc5c4CCCC5)[nH]3)cc2)c(N)n1. The van der Waals surface area contributed by atoms with Crippen molar-refractivity contribution < 1.29 is 4.74 Å². The number of thioether (sulfide) groups is 1. The largest absolute Gasteiger partial charge is 0.452 e. The van der Waals surface area contributed by atoms with E-state index in [0.29, 0.717) is 34.2 Å². The molecule has 32 heavy (non-hydrogen) atoms. The molecule has 0 unspecified atom stereocenters. The van der Waals surface area contributed by atoms with Crippen LogP contribution >= 0.6 is 11.8 Å². The molecule has 1 aliphatic carbocycles. The molecule has 8 nitrogen and oxygen atoms in total. The van der Waals surface area contributed by atoms with Crippen LogP contribution in [0.4, 0.5) is 17.5 Å². The van der Waals surface area contributed by atoms with Crippen LogP contribution in [0.3, 0.4) is 0 Å². The Morgan fingerprint density at radius 2 is 1.91 bits per heavy atom. The van der Waals surface area contributed by atoms with Crippen molar-refractivity contribution in [3.05, 3.63) is 59.8 Å². The summed E-state index contributed by atoms with van der Waals surface area (Å²) in [5.74, 6) is 2.67. The highest BCUT2D eigenvalue weighted by Crippen LogP contribution is 2.31. The van der Waals surface area contributed by atoms with Gasteiger partial charge in [-0.2, -0.15) is 0 Å². The van der Waals surface area contributed by atoms with Gasteiger partial charge in [0.15, 0.2) is 22.5 Å². The van der Waals surface area contributed by atoms with Crippen molar-refractivity contribution in [3.63, 3.8) is 0 Å². The monoisotopic (exact) mass is 445 g/mol. The summed E-state index contributed by atoms with van der Waals surface area (Å²) >= 11 is 1.43. The molecule has 4 aromatic rings. The van der Waals surface area contributed by atoms with E-state index in [1.807, 2.05) is 30.5 Å². The van der Waals surface area contributed by atoms with Crippen LogP contribution in [-0.2, 0) is 12.8 Å². The number of aromatic amines is 1. The highest BCUT2D eigenvalue weighted by atomic mass is 32.2. The first-order valence-electron chi connectivity index (χ1n) is 10.4. The Hall–Kier alpha value is -3.59. The number of hydrogen-bond acceptors (Lipinski definition) is 8. The van der Waals surface area contributed by atoms with E-state index in [1.165, 1.54) is 35.7 Å². The van der Waals surface area contributed by atoms with Crippen LogP contribution < -0.4 is 15.8 Å². The van der Waals surface area contributed by atoms with Crippen molar-refractivity contribution in [2.75, 3.05) is 17.3 Å². The first-order chi connectivity index (χ1) is 15.7. The highest BCUT2D eigenvalue weighted by Gasteiger charge is 2.14. The second-order valence-electron chi connectivity index (χ2n) is 7.53. The van der Waals surface area contributed by atoms with Gasteiger partial charge >= 0.3 is 0 Å². The average Bonchev–Trinajstić information content (AvgIpc) is 3.29. The molecule has 0 spiro atoms. The number of hydrogen-bond donors (Lipinski definition) is 3. The molecule has 2 aromatic heterocycles. The number of rotatable bonds is 6. The summed E-state index contributed by atoms with van der Waals surface area (Å²) in [5.41, 5.74) is 10.8. The molecule has 0 amide bonds. The molecule has 0 fully saturated rings. The second-order valence-corrected chi connectivity index (χ2v) is 8.30. The molecular weight excluding hydrogens is 422 g/mol. The van der Waals surface area contributed by atoms with Crippen LogP contribution in [0.5, 0.6) is 11.5 Å². The summed E-state index contributed by atoms with van der Waals surface area (Å²) in [4.78, 5) is 11.7.